The third kappa shape index (κ3) is 3.79. The summed E-state index contributed by atoms with van der Waals surface area (Å²) in [4.78, 5) is 29.1. The van der Waals surface area contributed by atoms with Gasteiger partial charge in [-0.05, 0) is 43.7 Å². The molecular formula is C21H20FN5O3. The van der Waals surface area contributed by atoms with E-state index in [9.17, 15) is 14.0 Å². The molecule has 0 aliphatic heterocycles. The first kappa shape index (κ1) is 19.7. The van der Waals surface area contributed by atoms with Gasteiger partial charge in [-0.1, -0.05) is 12.1 Å². The van der Waals surface area contributed by atoms with Gasteiger partial charge < -0.3 is 10.1 Å². The number of carbonyl (C=O) groups is 1. The van der Waals surface area contributed by atoms with E-state index in [-0.39, 0.29) is 11.6 Å². The zero-order valence-electron chi connectivity index (χ0n) is 16.3. The maximum Gasteiger partial charge on any atom is 0.281 e. The summed E-state index contributed by atoms with van der Waals surface area (Å²) in [6.07, 6.45) is 0.707. The largest absolute Gasteiger partial charge is 0.382 e. The molecular weight excluding hydrogens is 389 g/mol. The van der Waals surface area contributed by atoms with Gasteiger partial charge in [-0.2, -0.15) is 10.1 Å². The van der Waals surface area contributed by atoms with Crippen molar-refractivity contribution in [1.82, 2.24) is 25.1 Å². The average molecular weight is 409 g/mol. The lowest BCUT2D eigenvalue weighted by Gasteiger charge is -2.07. The first-order chi connectivity index (χ1) is 14.6. The van der Waals surface area contributed by atoms with Crippen molar-refractivity contribution in [3.63, 3.8) is 0 Å². The molecule has 4 rings (SSSR count). The number of aromatic nitrogens is 4. The van der Waals surface area contributed by atoms with Gasteiger partial charge in [-0.25, -0.2) is 14.1 Å². The molecule has 0 saturated heterocycles. The van der Waals surface area contributed by atoms with Gasteiger partial charge >= 0.3 is 0 Å². The van der Waals surface area contributed by atoms with Crippen LogP contribution < -0.4 is 10.9 Å². The molecule has 0 fully saturated rings. The molecule has 2 N–H and O–H groups in total. The van der Waals surface area contributed by atoms with Crippen molar-refractivity contribution in [2.75, 3.05) is 19.8 Å². The minimum Gasteiger partial charge on any atom is -0.382 e. The summed E-state index contributed by atoms with van der Waals surface area (Å²) >= 11 is 0. The van der Waals surface area contributed by atoms with E-state index in [0.717, 1.165) is 0 Å². The SMILES string of the molecule is CCOCCCNC(=O)c1ccc2c(=O)nc3c(-c4cccc(F)c4)n[nH]n3c2c1. The van der Waals surface area contributed by atoms with Crippen LogP contribution in [0.3, 0.4) is 0 Å². The molecule has 0 unspecified atom stereocenters. The summed E-state index contributed by atoms with van der Waals surface area (Å²) in [6, 6.07) is 10.6. The number of benzene rings is 2. The van der Waals surface area contributed by atoms with Crippen LogP contribution in [0.5, 0.6) is 0 Å². The second-order valence-electron chi connectivity index (χ2n) is 6.69. The monoisotopic (exact) mass is 409 g/mol. The van der Waals surface area contributed by atoms with E-state index < -0.39 is 11.4 Å². The van der Waals surface area contributed by atoms with Crippen LogP contribution in [-0.4, -0.2) is 45.5 Å². The van der Waals surface area contributed by atoms with Gasteiger partial charge in [0.05, 0.1) is 10.9 Å². The molecule has 1 amide bonds. The maximum absolute atomic E-state index is 13.6. The molecule has 4 aromatic rings. The number of aromatic amines is 1. The molecule has 154 valence electrons. The number of nitrogens with one attached hydrogen (secondary N) is 2. The third-order valence-corrected chi connectivity index (χ3v) is 4.68. The Morgan fingerprint density at radius 2 is 2.13 bits per heavy atom. The number of amides is 1. The molecule has 0 aliphatic carbocycles. The molecule has 8 nitrogen and oxygen atoms in total. The lowest BCUT2D eigenvalue weighted by Crippen LogP contribution is -2.25. The van der Waals surface area contributed by atoms with Gasteiger partial charge in [0.2, 0.25) is 0 Å². The van der Waals surface area contributed by atoms with E-state index >= 15 is 0 Å². The third-order valence-electron chi connectivity index (χ3n) is 4.68. The second-order valence-corrected chi connectivity index (χ2v) is 6.69. The van der Waals surface area contributed by atoms with Crippen molar-refractivity contribution >= 4 is 22.5 Å². The van der Waals surface area contributed by atoms with Crippen LogP contribution in [0.4, 0.5) is 4.39 Å². The molecule has 2 heterocycles. The fraction of sp³-hybridized carbons (Fsp3) is 0.238. The second kappa shape index (κ2) is 8.42. The van der Waals surface area contributed by atoms with Gasteiger partial charge in [-0.15, -0.1) is 0 Å². The minimum absolute atomic E-state index is 0.253. The summed E-state index contributed by atoms with van der Waals surface area (Å²) in [7, 11) is 0. The lowest BCUT2D eigenvalue weighted by atomic mass is 10.1. The number of hydrogen-bond donors (Lipinski definition) is 2. The molecule has 2 aromatic heterocycles. The van der Waals surface area contributed by atoms with E-state index in [1.807, 2.05) is 6.92 Å². The van der Waals surface area contributed by atoms with Crippen molar-refractivity contribution in [3.05, 3.63) is 64.2 Å². The number of fused-ring (bicyclic) bond motifs is 3. The predicted molar refractivity (Wildman–Crippen MR) is 110 cm³/mol. The van der Waals surface area contributed by atoms with Crippen LogP contribution in [0.2, 0.25) is 0 Å². The van der Waals surface area contributed by atoms with Crippen LogP contribution in [-0.2, 0) is 4.74 Å². The molecule has 30 heavy (non-hydrogen) atoms. The highest BCUT2D eigenvalue weighted by Crippen LogP contribution is 2.23. The Bertz CT molecular complexity index is 1280. The van der Waals surface area contributed by atoms with Gasteiger partial charge in [0.15, 0.2) is 5.65 Å². The van der Waals surface area contributed by atoms with Crippen LogP contribution in [0.15, 0.2) is 47.3 Å². The Labute approximate surface area is 170 Å². The number of halogens is 1. The van der Waals surface area contributed by atoms with E-state index in [1.165, 1.54) is 16.6 Å². The van der Waals surface area contributed by atoms with Crippen molar-refractivity contribution in [3.8, 4) is 11.3 Å². The summed E-state index contributed by atoms with van der Waals surface area (Å²) in [6.45, 7) is 3.61. The Morgan fingerprint density at radius 1 is 1.27 bits per heavy atom. The highest BCUT2D eigenvalue weighted by atomic mass is 19.1. The summed E-state index contributed by atoms with van der Waals surface area (Å²) in [5.41, 5.74) is 1.50. The number of carbonyl (C=O) groups excluding carboxylic acids is 1. The highest BCUT2D eigenvalue weighted by Gasteiger charge is 2.16. The van der Waals surface area contributed by atoms with Crippen molar-refractivity contribution < 1.29 is 13.9 Å². The molecule has 0 atom stereocenters. The topological polar surface area (TPSA) is 101 Å². The van der Waals surface area contributed by atoms with Gasteiger partial charge in [0.25, 0.3) is 11.5 Å². The lowest BCUT2D eigenvalue weighted by molar-refractivity contribution is 0.0944. The van der Waals surface area contributed by atoms with Gasteiger partial charge in [0, 0.05) is 30.9 Å². The molecule has 0 bridgehead atoms. The first-order valence-corrected chi connectivity index (χ1v) is 9.61. The maximum atomic E-state index is 13.6. The smallest absolute Gasteiger partial charge is 0.281 e. The van der Waals surface area contributed by atoms with Crippen LogP contribution in [0.25, 0.3) is 27.8 Å². The van der Waals surface area contributed by atoms with E-state index in [0.29, 0.717) is 53.9 Å². The van der Waals surface area contributed by atoms with Crippen molar-refractivity contribution in [2.45, 2.75) is 13.3 Å². The number of H-pyrrole nitrogens is 1. The average Bonchev–Trinajstić information content (AvgIpc) is 3.17. The highest BCUT2D eigenvalue weighted by molar-refractivity contribution is 5.98. The Morgan fingerprint density at radius 3 is 2.93 bits per heavy atom. The Kier molecular flexibility index (Phi) is 5.53. The number of nitrogens with zero attached hydrogens (tertiary/aromatic N) is 3. The Hall–Kier alpha value is -3.59. The van der Waals surface area contributed by atoms with Crippen LogP contribution in [0.1, 0.15) is 23.7 Å². The quantitative estimate of drug-likeness (QED) is 0.457. The first-order valence-electron chi connectivity index (χ1n) is 9.61. The van der Waals surface area contributed by atoms with E-state index in [1.54, 1.807) is 30.3 Å². The molecule has 0 spiro atoms. The van der Waals surface area contributed by atoms with Crippen LogP contribution in [0, 0.1) is 5.82 Å². The van der Waals surface area contributed by atoms with Crippen LogP contribution >= 0.6 is 0 Å². The van der Waals surface area contributed by atoms with Gasteiger partial charge in [0.1, 0.15) is 11.5 Å². The van der Waals surface area contributed by atoms with Crippen molar-refractivity contribution in [2.24, 2.45) is 0 Å². The van der Waals surface area contributed by atoms with E-state index in [4.69, 9.17) is 4.74 Å². The Balaban J connectivity index is 1.71. The van der Waals surface area contributed by atoms with Crippen molar-refractivity contribution in [1.29, 1.82) is 0 Å². The summed E-state index contributed by atoms with van der Waals surface area (Å²) in [5, 5.41) is 10.2. The zero-order chi connectivity index (χ0) is 21.1. The fourth-order valence-electron chi connectivity index (χ4n) is 3.22. The fourth-order valence-corrected chi connectivity index (χ4v) is 3.22. The zero-order valence-corrected chi connectivity index (χ0v) is 16.3. The molecule has 2 aromatic carbocycles. The molecule has 0 saturated carbocycles. The number of hydrogen-bond acceptors (Lipinski definition) is 5. The summed E-state index contributed by atoms with van der Waals surface area (Å²) < 4.78 is 20.4. The summed E-state index contributed by atoms with van der Waals surface area (Å²) in [5.74, 6) is -0.670. The molecule has 0 aliphatic rings. The molecule has 9 heteroatoms. The minimum atomic E-state index is -0.451. The number of ether oxygens (including phenoxy) is 1. The predicted octanol–water partition coefficient (Wildman–Crippen LogP) is 2.53. The standard InChI is InChI=1S/C21H20FN5O3/c1-2-30-10-4-9-23-20(28)14-7-8-16-17(12-14)27-19(24-21(16)29)18(25-26-27)13-5-3-6-15(22)11-13/h3,5-8,11-12,26H,2,4,9-10H2,1H3,(H,23,28). The van der Waals surface area contributed by atoms with E-state index in [2.05, 4.69) is 20.6 Å². The van der Waals surface area contributed by atoms with Gasteiger partial charge in [-0.3, -0.25) is 9.59 Å². The molecule has 0 radical (unpaired) electrons. The number of rotatable bonds is 7. The normalized spacial score (nSPS) is 11.3.